The van der Waals surface area contributed by atoms with Gasteiger partial charge in [-0.1, -0.05) is 6.07 Å². The van der Waals surface area contributed by atoms with Crippen LogP contribution in [0.1, 0.15) is 0 Å². The number of ether oxygens (including phenoxy) is 2. The van der Waals surface area contributed by atoms with Gasteiger partial charge in [-0.25, -0.2) is 4.98 Å². The Bertz CT molecular complexity index is 767. The molecule has 0 unspecified atom stereocenters. The lowest BCUT2D eigenvalue weighted by molar-refractivity contribution is 0.356. The van der Waals surface area contributed by atoms with Crippen molar-refractivity contribution in [3.8, 4) is 32.6 Å². The van der Waals surface area contributed by atoms with Crippen molar-refractivity contribution in [2.75, 3.05) is 14.2 Å². The topological polar surface area (TPSA) is 31.4 Å². The predicted molar refractivity (Wildman–Crippen MR) is 91.7 cm³/mol. The SMILES string of the molecule is COc1cccc(-c2nc(-c3sccc3Br)cs2)c1OC. The molecule has 0 aliphatic heterocycles. The van der Waals surface area contributed by atoms with Crippen LogP contribution in [-0.2, 0) is 0 Å². The number of halogens is 1. The van der Waals surface area contributed by atoms with Gasteiger partial charge in [-0.15, -0.1) is 22.7 Å². The van der Waals surface area contributed by atoms with Gasteiger partial charge in [0.1, 0.15) is 5.01 Å². The summed E-state index contributed by atoms with van der Waals surface area (Å²) < 4.78 is 11.9. The number of para-hydroxylation sites is 1. The highest BCUT2D eigenvalue weighted by atomic mass is 79.9. The van der Waals surface area contributed by atoms with Gasteiger partial charge in [0.2, 0.25) is 0 Å². The lowest BCUT2D eigenvalue weighted by Crippen LogP contribution is -1.92. The van der Waals surface area contributed by atoms with Crippen molar-refractivity contribution in [2.45, 2.75) is 0 Å². The fourth-order valence-corrected chi connectivity index (χ4v) is 4.48. The van der Waals surface area contributed by atoms with E-state index in [4.69, 9.17) is 14.5 Å². The van der Waals surface area contributed by atoms with Gasteiger partial charge in [0.25, 0.3) is 0 Å². The minimum Gasteiger partial charge on any atom is -0.493 e. The van der Waals surface area contributed by atoms with Gasteiger partial charge in [0.15, 0.2) is 11.5 Å². The van der Waals surface area contributed by atoms with Gasteiger partial charge in [-0.2, -0.15) is 0 Å². The van der Waals surface area contributed by atoms with Crippen LogP contribution in [0.4, 0.5) is 0 Å². The highest BCUT2D eigenvalue weighted by molar-refractivity contribution is 9.10. The minimum atomic E-state index is 0.712. The monoisotopic (exact) mass is 381 g/mol. The van der Waals surface area contributed by atoms with Gasteiger partial charge in [-0.05, 0) is 39.5 Å². The third-order valence-electron chi connectivity index (χ3n) is 2.99. The fourth-order valence-electron chi connectivity index (χ4n) is 2.03. The van der Waals surface area contributed by atoms with Crippen molar-refractivity contribution in [2.24, 2.45) is 0 Å². The molecule has 0 aliphatic rings. The predicted octanol–water partition coefficient (Wildman–Crippen LogP) is 5.32. The molecule has 21 heavy (non-hydrogen) atoms. The summed E-state index contributed by atoms with van der Waals surface area (Å²) in [6.07, 6.45) is 0. The maximum atomic E-state index is 5.48. The van der Waals surface area contributed by atoms with Crippen molar-refractivity contribution in [1.29, 1.82) is 0 Å². The van der Waals surface area contributed by atoms with Crippen molar-refractivity contribution < 1.29 is 9.47 Å². The quantitative estimate of drug-likeness (QED) is 0.612. The Morgan fingerprint density at radius 3 is 2.62 bits per heavy atom. The summed E-state index contributed by atoms with van der Waals surface area (Å²) in [5.74, 6) is 1.43. The van der Waals surface area contributed by atoms with E-state index < -0.39 is 0 Å². The lowest BCUT2D eigenvalue weighted by atomic mass is 10.2. The molecule has 6 heteroatoms. The number of aromatic nitrogens is 1. The average Bonchev–Trinajstić information content (AvgIpc) is 3.14. The number of thiazole rings is 1. The van der Waals surface area contributed by atoms with Crippen LogP contribution < -0.4 is 9.47 Å². The summed E-state index contributed by atoms with van der Waals surface area (Å²) >= 11 is 6.82. The summed E-state index contributed by atoms with van der Waals surface area (Å²) in [5, 5.41) is 5.02. The first-order valence-electron chi connectivity index (χ1n) is 6.15. The first kappa shape index (κ1) is 14.6. The smallest absolute Gasteiger partial charge is 0.170 e. The second-order valence-electron chi connectivity index (χ2n) is 4.18. The Balaban J connectivity index is 2.07. The fraction of sp³-hybridized carbons (Fsp3) is 0.133. The number of methoxy groups -OCH3 is 2. The molecule has 0 spiro atoms. The molecule has 2 heterocycles. The average molecular weight is 382 g/mol. The van der Waals surface area contributed by atoms with Crippen LogP contribution in [-0.4, -0.2) is 19.2 Å². The summed E-state index contributed by atoms with van der Waals surface area (Å²) in [6, 6.07) is 7.85. The van der Waals surface area contributed by atoms with E-state index in [-0.39, 0.29) is 0 Å². The largest absolute Gasteiger partial charge is 0.493 e. The molecule has 0 radical (unpaired) electrons. The molecule has 2 aromatic heterocycles. The van der Waals surface area contributed by atoms with Crippen LogP contribution in [0.2, 0.25) is 0 Å². The van der Waals surface area contributed by atoms with Crippen LogP contribution in [0.5, 0.6) is 11.5 Å². The Hall–Kier alpha value is -1.37. The van der Waals surface area contributed by atoms with Crippen molar-refractivity contribution in [3.63, 3.8) is 0 Å². The molecule has 0 amide bonds. The van der Waals surface area contributed by atoms with Crippen LogP contribution >= 0.6 is 38.6 Å². The molecule has 0 atom stereocenters. The number of thiophene rings is 1. The number of nitrogens with zero attached hydrogens (tertiary/aromatic N) is 1. The molecule has 0 N–H and O–H groups in total. The Kier molecular flexibility index (Phi) is 4.28. The highest BCUT2D eigenvalue weighted by Gasteiger charge is 2.16. The third kappa shape index (κ3) is 2.71. The summed E-state index contributed by atoms with van der Waals surface area (Å²) in [5.41, 5.74) is 1.92. The van der Waals surface area contributed by atoms with Crippen LogP contribution in [0.3, 0.4) is 0 Å². The van der Waals surface area contributed by atoms with E-state index in [1.165, 1.54) is 0 Å². The summed E-state index contributed by atoms with van der Waals surface area (Å²) in [7, 11) is 3.28. The van der Waals surface area contributed by atoms with Crippen molar-refractivity contribution >= 4 is 38.6 Å². The second-order valence-corrected chi connectivity index (χ2v) is 6.81. The zero-order chi connectivity index (χ0) is 14.8. The first-order chi connectivity index (χ1) is 10.2. The molecular weight excluding hydrogens is 370 g/mol. The number of hydrogen-bond acceptors (Lipinski definition) is 5. The van der Waals surface area contributed by atoms with E-state index >= 15 is 0 Å². The molecular formula is C15H12BrNO2S2. The van der Waals surface area contributed by atoms with E-state index in [9.17, 15) is 0 Å². The molecule has 0 bridgehead atoms. The molecule has 0 saturated heterocycles. The molecule has 3 nitrogen and oxygen atoms in total. The number of hydrogen-bond donors (Lipinski definition) is 0. The molecule has 3 rings (SSSR count). The molecule has 1 aromatic carbocycles. The molecule has 0 saturated carbocycles. The Labute approximate surface area is 139 Å². The van der Waals surface area contributed by atoms with E-state index in [1.807, 2.05) is 29.6 Å². The molecule has 108 valence electrons. The van der Waals surface area contributed by atoms with Gasteiger partial charge in [0, 0.05) is 9.85 Å². The third-order valence-corrected chi connectivity index (χ3v) is 5.72. The van der Waals surface area contributed by atoms with Crippen molar-refractivity contribution in [3.05, 3.63) is 39.5 Å². The second kappa shape index (κ2) is 6.17. The summed E-state index contributed by atoms with van der Waals surface area (Å²) in [6.45, 7) is 0. The highest BCUT2D eigenvalue weighted by Crippen LogP contribution is 2.41. The van der Waals surface area contributed by atoms with Crippen LogP contribution in [0, 0.1) is 0 Å². The Morgan fingerprint density at radius 2 is 1.95 bits per heavy atom. The minimum absolute atomic E-state index is 0.712. The standard InChI is InChI=1S/C15H12BrNO2S2/c1-18-12-5-3-4-9(13(12)19-2)15-17-11(8-21-15)14-10(16)6-7-20-14/h3-8H,1-2H3. The van der Waals surface area contributed by atoms with Gasteiger partial charge < -0.3 is 9.47 Å². The van der Waals surface area contributed by atoms with Crippen LogP contribution in [0.15, 0.2) is 39.5 Å². The first-order valence-corrected chi connectivity index (χ1v) is 8.70. The van der Waals surface area contributed by atoms with Crippen LogP contribution in [0.25, 0.3) is 21.1 Å². The van der Waals surface area contributed by atoms with E-state index in [1.54, 1.807) is 36.9 Å². The van der Waals surface area contributed by atoms with E-state index in [0.29, 0.717) is 11.5 Å². The van der Waals surface area contributed by atoms with Crippen molar-refractivity contribution in [1.82, 2.24) is 4.98 Å². The maximum absolute atomic E-state index is 5.48. The lowest BCUT2D eigenvalue weighted by Gasteiger charge is -2.10. The normalized spacial score (nSPS) is 10.6. The van der Waals surface area contributed by atoms with E-state index in [2.05, 4.69) is 21.3 Å². The molecule has 0 fully saturated rings. The Morgan fingerprint density at radius 1 is 1.10 bits per heavy atom. The molecule has 3 aromatic rings. The number of rotatable bonds is 4. The zero-order valence-electron chi connectivity index (χ0n) is 11.4. The van der Waals surface area contributed by atoms with Gasteiger partial charge >= 0.3 is 0 Å². The van der Waals surface area contributed by atoms with E-state index in [0.717, 1.165) is 25.6 Å². The van der Waals surface area contributed by atoms with Gasteiger partial charge in [0.05, 0.1) is 30.4 Å². The summed E-state index contributed by atoms with van der Waals surface area (Å²) in [4.78, 5) is 5.87. The molecule has 0 aliphatic carbocycles. The van der Waals surface area contributed by atoms with Gasteiger partial charge in [-0.3, -0.25) is 0 Å². The zero-order valence-corrected chi connectivity index (χ0v) is 14.6. The number of benzene rings is 1. The maximum Gasteiger partial charge on any atom is 0.170 e.